The lowest BCUT2D eigenvalue weighted by Crippen LogP contribution is -2.17. The first-order valence-electron chi connectivity index (χ1n) is 6.69. The standard InChI is InChI=1S/C16H19IN2O/c1-8(2)14-13(17)16(20)19-15(18-14)12-7-10(4)9(3)6-11(12)5/h6-8H,1-5H3,(H,18,19,20). The topological polar surface area (TPSA) is 45.8 Å². The molecule has 0 fully saturated rings. The predicted octanol–water partition coefficient (Wildman–Crippen LogP) is 4.09. The molecule has 0 unspecified atom stereocenters. The highest BCUT2D eigenvalue weighted by molar-refractivity contribution is 14.1. The molecular formula is C16H19IN2O. The average Bonchev–Trinajstić information content (AvgIpc) is 2.36. The van der Waals surface area contributed by atoms with Crippen LogP contribution in [-0.2, 0) is 0 Å². The number of aromatic amines is 1. The maximum Gasteiger partial charge on any atom is 0.264 e. The Morgan fingerprint density at radius 3 is 2.30 bits per heavy atom. The average molecular weight is 382 g/mol. The summed E-state index contributed by atoms with van der Waals surface area (Å²) in [4.78, 5) is 19.7. The fourth-order valence-corrected chi connectivity index (χ4v) is 3.08. The number of hydrogen-bond donors (Lipinski definition) is 1. The van der Waals surface area contributed by atoms with Crippen LogP contribution >= 0.6 is 22.6 Å². The molecule has 1 aromatic heterocycles. The summed E-state index contributed by atoms with van der Waals surface area (Å²) in [6, 6.07) is 4.23. The third-order valence-electron chi connectivity index (χ3n) is 3.53. The van der Waals surface area contributed by atoms with E-state index in [1.807, 2.05) is 0 Å². The van der Waals surface area contributed by atoms with Gasteiger partial charge in [-0.1, -0.05) is 19.9 Å². The normalized spacial score (nSPS) is 11.2. The Bertz CT molecular complexity index is 717. The van der Waals surface area contributed by atoms with Crippen molar-refractivity contribution in [2.24, 2.45) is 0 Å². The van der Waals surface area contributed by atoms with E-state index in [1.54, 1.807) is 0 Å². The van der Waals surface area contributed by atoms with E-state index < -0.39 is 0 Å². The zero-order valence-electron chi connectivity index (χ0n) is 12.5. The molecule has 0 atom stereocenters. The van der Waals surface area contributed by atoms with Crippen LogP contribution in [0.1, 0.15) is 42.1 Å². The van der Waals surface area contributed by atoms with Crippen molar-refractivity contribution in [2.45, 2.75) is 40.5 Å². The van der Waals surface area contributed by atoms with E-state index in [0.717, 1.165) is 16.8 Å². The molecule has 3 nitrogen and oxygen atoms in total. The number of aryl methyl sites for hydroxylation is 3. The van der Waals surface area contributed by atoms with Crippen molar-refractivity contribution in [1.82, 2.24) is 9.97 Å². The van der Waals surface area contributed by atoms with Crippen LogP contribution in [0.4, 0.5) is 0 Å². The van der Waals surface area contributed by atoms with E-state index in [-0.39, 0.29) is 11.5 Å². The summed E-state index contributed by atoms with van der Waals surface area (Å²) >= 11 is 2.07. The zero-order chi connectivity index (χ0) is 15.0. The third kappa shape index (κ3) is 2.80. The van der Waals surface area contributed by atoms with Crippen LogP contribution < -0.4 is 5.56 Å². The monoisotopic (exact) mass is 382 g/mol. The van der Waals surface area contributed by atoms with E-state index in [2.05, 4.69) is 79.3 Å². The molecule has 0 aliphatic heterocycles. The van der Waals surface area contributed by atoms with Crippen LogP contribution in [0.5, 0.6) is 0 Å². The van der Waals surface area contributed by atoms with E-state index in [4.69, 9.17) is 0 Å². The number of benzene rings is 1. The zero-order valence-corrected chi connectivity index (χ0v) is 14.6. The van der Waals surface area contributed by atoms with E-state index in [9.17, 15) is 4.79 Å². The molecule has 0 saturated carbocycles. The van der Waals surface area contributed by atoms with Gasteiger partial charge in [-0.15, -0.1) is 0 Å². The van der Waals surface area contributed by atoms with Gasteiger partial charge in [0.25, 0.3) is 5.56 Å². The summed E-state index contributed by atoms with van der Waals surface area (Å²) < 4.78 is 0.683. The van der Waals surface area contributed by atoms with Gasteiger partial charge in [0.1, 0.15) is 5.82 Å². The quantitative estimate of drug-likeness (QED) is 0.796. The molecule has 2 aromatic rings. The molecule has 0 radical (unpaired) electrons. The molecule has 20 heavy (non-hydrogen) atoms. The number of nitrogens with zero attached hydrogens (tertiary/aromatic N) is 1. The SMILES string of the molecule is Cc1cc(C)c(-c2nc(C(C)C)c(I)c(=O)[nH]2)cc1C. The molecule has 1 N–H and O–H groups in total. The maximum absolute atomic E-state index is 12.1. The second kappa shape index (κ2) is 5.68. The Morgan fingerprint density at radius 2 is 1.70 bits per heavy atom. The lowest BCUT2D eigenvalue weighted by molar-refractivity contribution is 0.802. The molecule has 0 saturated heterocycles. The van der Waals surface area contributed by atoms with Gasteiger partial charge < -0.3 is 4.98 Å². The van der Waals surface area contributed by atoms with Crippen molar-refractivity contribution in [3.8, 4) is 11.4 Å². The molecule has 4 heteroatoms. The highest BCUT2D eigenvalue weighted by atomic mass is 127. The van der Waals surface area contributed by atoms with Crippen LogP contribution in [0.25, 0.3) is 11.4 Å². The van der Waals surface area contributed by atoms with Gasteiger partial charge in [0.05, 0.1) is 9.26 Å². The molecule has 0 aliphatic rings. The van der Waals surface area contributed by atoms with Crippen molar-refractivity contribution in [3.63, 3.8) is 0 Å². The number of hydrogen-bond acceptors (Lipinski definition) is 2. The summed E-state index contributed by atoms with van der Waals surface area (Å²) in [6.07, 6.45) is 0. The molecule has 1 aromatic carbocycles. The fourth-order valence-electron chi connectivity index (χ4n) is 2.20. The van der Waals surface area contributed by atoms with Gasteiger partial charge in [0.15, 0.2) is 0 Å². The Labute approximate surface area is 133 Å². The first-order valence-corrected chi connectivity index (χ1v) is 7.77. The van der Waals surface area contributed by atoms with Crippen LogP contribution in [0, 0.1) is 24.3 Å². The Balaban J connectivity index is 2.71. The fraction of sp³-hybridized carbons (Fsp3) is 0.375. The lowest BCUT2D eigenvalue weighted by atomic mass is 10.00. The lowest BCUT2D eigenvalue weighted by Gasteiger charge is -2.12. The van der Waals surface area contributed by atoms with E-state index in [0.29, 0.717) is 9.39 Å². The third-order valence-corrected chi connectivity index (χ3v) is 4.57. The molecule has 0 bridgehead atoms. The molecule has 0 aliphatic carbocycles. The number of aromatic nitrogens is 2. The summed E-state index contributed by atoms with van der Waals surface area (Å²) in [7, 11) is 0. The highest BCUT2D eigenvalue weighted by Crippen LogP contribution is 2.25. The first-order chi connectivity index (χ1) is 9.31. The smallest absolute Gasteiger partial charge is 0.264 e. The van der Waals surface area contributed by atoms with Crippen molar-refractivity contribution in [1.29, 1.82) is 0 Å². The summed E-state index contributed by atoms with van der Waals surface area (Å²) in [6.45, 7) is 10.3. The van der Waals surface area contributed by atoms with Crippen molar-refractivity contribution >= 4 is 22.6 Å². The van der Waals surface area contributed by atoms with Gasteiger partial charge in [0.2, 0.25) is 0 Å². The van der Waals surface area contributed by atoms with Crippen LogP contribution in [0.2, 0.25) is 0 Å². The second-order valence-corrected chi connectivity index (χ2v) is 6.60. The van der Waals surface area contributed by atoms with Gasteiger partial charge in [-0.2, -0.15) is 0 Å². The minimum atomic E-state index is -0.0584. The van der Waals surface area contributed by atoms with Gasteiger partial charge in [-0.3, -0.25) is 4.79 Å². The van der Waals surface area contributed by atoms with Crippen LogP contribution in [0.3, 0.4) is 0 Å². The molecule has 106 valence electrons. The van der Waals surface area contributed by atoms with Crippen molar-refractivity contribution in [2.75, 3.05) is 0 Å². The largest absolute Gasteiger partial charge is 0.306 e. The number of halogens is 1. The highest BCUT2D eigenvalue weighted by Gasteiger charge is 2.14. The van der Waals surface area contributed by atoms with Gasteiger partial charge in [-0.25, -0.2) is 4.98 Å². The van der Waals surface area contributed by atoms with Crippen LogP contribution in [0.15, 0.2) is 16.9 Å². The van der Waals surface area contributed by atoms with Gasteiger partial charge >= 0.3 is 0 Å². The van der Waals surface area contributed by atoms with Gasteiger partial charge in [-0.05, 0) is 72.0 Å². The predicted molar refractivity (Wildman–Crippen MR) is 91.3 cm³/mol. The summed E-state index contributed by atoms with van der Waals surface area (Å²) in [5.41, 5.74) is 5.40. The summed E-state index contributed by atoms with van der Waals surface area (Å²) in [5.74, 6) is 0.898. The molecule has 2 rings (SSSR count). The Morgan fingerprint density at radius 1 is 1.10 bits per heavy atom. The van der Waals surface area contributed by atoms with Crippen LogP contribution in [-0.4, -0.2) is 9.97 Å². The molecule has 0 spiro atoms. The molecule has 0 amide bonds. The Hall–Kier alpha value is -1.17. The number of nitrogens with one attached hydrogen (secondary N) is 1. The molecule has 1 heterocycles. The maximum atomic E-state index is 12.1. The van der Waals surface area contributed by atoms with Gasteiger partial charge in [0, 0.05) is 5.56 Å². The summed E-state index contributed by atoms with van der Waals surface area (Å²) in [5, 5.41) is 0. The van der Waals surface area contributed by atoms with E-state index in [1.165, 1.54) is 11.1 Å². The number of rotatable bonds is 2. The first kappa shape index (κ1) is 15.2. The number of H-pyrrole nitrogens is 1. The minimum absolute atomic E-state index is 0.0584. The van der Waals surface area contributed by atoms with E-state index >= 15 is 0 Å². The van der Waals surface area contributed by atoms with Crippen molar-refractivity contribution in [3.05, 3.63) is 48.4 Å². The second-order valence-electron chi connectivity index (χ2n) is 5.52. The Kier molecular flexibility index (Phi) is 4.32. The van der Waals surface area contributed by atoms with Crippen molar-refractivity contribution < 1.29 is 0 Å². The molecular weight excluding hydrogens is 363 g/mol. The minimum Gasteiger partial charge on any atom is -0.306 e.